The van der Waals surface area contributed by atoms with Gasteiger partial charge in [0.2, 0.25) is 10.0 Å². The van der Waals surface area contributed by atoms with E-state index in [4.69, 9.17) is 11.6 Å². The highest BCUT2D eigenvalue weighted by Crippen LogP contribution is 2.35. The third-order valence-corrected chi connectivity index (χ3v) is 4.26. The van der Waals surface area contributed by atoms with Gasteiger partial charge in [-0.05, 0) is 25.1 Å². The molecule has 21 heavy (non-hydrogen) atoms. The molecule has 5 nitrogen and oxygen atoms in total. The summed E-state index contributed by atoms with van der Waals surface area (Å²) in [5.74, 6) is -0.930. The van der Waals surface area contributed by atoms with E-state index in [1.165, 1.54) is 0 Å². The zero-order chi connectivity index (χ0) is 16.4. The Bertz CT molecular complexity index is 645. The summed E-state index contributed by atoms with van der Waals surface area (Å²) >= 11 is 5.46. The van der Waals surface area contributed by atoms with Crippen LogP contribution in [0.25, 0.3) is 0 Å². The van der Waals surface area contributed by atoms with Gasteiger partial charge in [-0.25, -0.2) is 8.42 Å². The predicted octanol–water partition coefficient (Wildman–Crippen LogP) is 2.20. The van der Waals surface area contributed by atoms with Gasteiger partial charge in [-0.1, -0.05) is 11.6 Å². The van der Waals surface area contributed by atoms with Crippen molar-refractivity contribution >= 4 is 27.6 Å². The summed E-state index contributed by atoms with van der Waals surface area (Å²) in [6.45, 7) is 1.15. The highest BCUT2D eigenvalue weighted by Gasteiger charge is 2.38. The maximum atomic E-state index is 12.9. The Kier molecular flexibility index (Phi) is 5.24. The lowest BCUT2D eigenvalue weighted by Gasteiger charge is -2.16. The van der Waals surface area contributed by atoms with Gasteiger partial charge in [0.05, 0.1) is 17.6 Å². The predicted molar refractivity (Wildman–Crippen MR) is 68.3 cm³/mol. The lowest BCUT2D eigenvalue weighted by Crippen LogP contribution is -2.39. The molecule has 1 atom stereocenters. The molecule has 0 radical (unpaired) electrons. The zero-order valence-corrected chi connectivity index (χ0v) is 12.4. The molecule has 118 valence electrons. The Balaban J connectivity index is 3.30. The molecule has 0 aromatic heterocycles. The van der Waals surface area contributed by atoms with Gasteiger partial charge >= 0.3 is 12.1 Å². The Morgan fingerprint density at radius 2 is 1.95 bits per heavy atom. The molecule has 1 unspecified atom stereocenters. The maximum absolute atomic E-state index is 12.9. The highest BCUT2D eigenvalue weighted by molar-refractivity contribution is 7.89. The van der Waals surface area contributed by atoms with Gasteiger partial charge in [0.25, 0.3) is 0 Å². The minimum absolute atomic E-state index is 0.262. The molecule has 1 aromatic carbocycles. The van der Waals surface area contributed by atoms with Crippen molar-refractivity contribution in [1.29, 1.82) is 0 Å². The second-order valence-electron chi connectivity index (χ2n) is 4.00. The van der Waals surface area contributed by atoms with Gasteiger partial charge in [0.1, 0.15) is 6.04 Å². The molecule has 0 aliphatic heterocycles. The fourth-order valence-electron chi connectivity index (χ4n) is 1.48. The Morgan fingerprint density at radius 3 is 2.43 bits per heavy atom. The van der Waals surface area contributed by atoms with Crippen molar-refractivity contribution in [2.45, 2.75) is 24.0 Å². The van der Waals surface area contributed by atoms with Gasteiger partial charge in [0, 0.05) is 5.02 Å². The van der Waals surface area contributed by atoms with Crippen molar-refractivity contribution < 1.29 is 31.1 Å². The number of nitrogens with one attached hydrogen (secondary N) is 1. The van der Waals surface area contributed by atoms with Crippen LogP contribution in [0.4, 0.5) is 13.2 Å². The average Bonchev–Trinajstić information content (AvgIpc) is 2.35. The Hall–Kier alpha value is -1.32. The van der Waals surface area contributed by atoms with Crippen LogP contribution in [-0.2, 0) is 25.7 Å². The van der Waals surface area contributed by atoms with Crippen molar-refractivity contribution in [2.75, 3.05) is 7.11 Å². The second kappa shape index (κ2) is 6.20. The van der Waals surface area contributed by atoms with E-state index in [2.05, 4.69) is 4.74 Å². The van der Waals surface area contributed by atoms with Crippen LogP contribution in [0.3, 0.4) is 0 Å². The lowest BCUT2D eigenvalue weighted by atomic mass is 10.2. The van der Waals surface area contributed by atoms with E-state index in [0.29, 0.717) is 6.07 Å². The first-order chi connectivity index (χ1) is 9.49. The molecule has 0 saturated carbocycles. The van der Waals surface area contributed by atoms with Crippen molar-refractivity contribution in [3.63, 3.8) is 0 Å². The molecule has 0 aliphatic rings. The first-order valence-corrected chi connectivity index (χ1v) is 7.32. The van der Waals surface area contributed by atoms with E-state index in [-0.39, 0.29) is 5.02 Å². The fraction of sp³-hybridized carbons (Fsp3) is 0.364. The zero-order valence-electron chi connectivity index (χ0n) is 10.9. The summed E-state index contributed by atoms with van der Waals surface area (Å²) in [7, 11) is -3.55. The number of benzene rings is 1. The quantitative estimate of drug-likeness (QED) is 0.849. The molecule has 0 bridgehead atoms. The average molecular weight is 346 g/mol. The molecule has 0 saturated heterocycles. The maximum Gasteiger partial charge on any atom is 0.417 e. The molecule has 1 rings (SSSR count). The van der Waals surface area contributed by atoms with Crippen molar-refractivity contribution in [3.8, 4) is 0 Å². The van der Waals surface area contributed by atoms with E-state index >= 15 is 0 Å². The van der Waals surface area contributed by atoms with Crippen LogP contribution in [0.1, 0.15) is 12.5 Å². The van der Waals surface area contributed by atoms with E-state index in [0.717, 1.165) is 26.2 Å². The van der Waals surface area contributed by atoms with Gasteiger partial charge < -0.3 is 4.74 Å². The monoisotopic (exact) mass is 345 g/mol. The number of ether oxygens (including phenoxy) is 1. The highest BCUT2D eigenvalue weighted by atomic mass is 35.5. The molecule has 0 heterocycles. The Labute approximate surface area is 124 Å². The number of hydrogen-bond donors (Lipinski definition) is 1. The van der Waals surface area contributed by atoms with Crippen LogP contribution < -0.4 is 4.72 Å². The number of rotatable bonds is 4. The molecular formula is C11H11ClF3NO4S. The second-order valence-corrected chi connectivity index (χ2v) is 6.12. The summed E-state index contributed by atoms with van der Waals surface area (Å²) in [6, 6.07) is 0.890. The van der Waals surface area contributed by atoms with Crippen LogP contribution in [0.15, 0.2) is 23.1 Å². The minimum atomic E-state index is -4.91. The largest absolute Gasteiger partial charge is 0.468 e. The molecular weight excluding hydrogens is 335 g/mol. The van der Waals surface area contributed by atoms with Gasteiger partial charge in [-0.2, -0.15) is 17.9 Å². The molecule has 0 fully saturated rings. The van der Waals surface area contributed by atoms with Crippen molar-refractivity contribution in [1.82, 2.24) is 4.72 Å². The molecule has 0 amide bonds. The molecule has 10 heteroatoms. The third kappa shape index (κ3) is 4.32. The topological polar surface area (TPSA) is 72.5 Å². The third-order valence-electron chi connectivity index (χ3n) is 2.42. The van der Waals surface area contributed by atoms with Gasteiger partial charge in [-0.3, -0.25) is 4.79 Å². The van der Waals surface area contributed by atoms with E-state index in [1.807, 2.05) is 4.72 Å². The summed E-state index contributed by atoms with van der Waals surface area (Å²) in [5, 5.41) is -0.262. The summed E-state index contributed by atoms with van der Waals surface area (Å²) < 4.78 is 68.7. The lowest BCUT2D eigenvalue weighted by molar-refractivity contribution is -0.142. The number of alkyl halides is 3. The smallest absolute Gasteiger partial charge is 0.417 e. The standard InChI is InChI=1S/C11H11ClF3NO4S/c1-6(10(17)20-2)16-21(18,19)9-4-3-7(12)5-8(9)11(13,14)15/h3-6,16H,1-2H3. The summed E-state index contributed by atoms with van der Waals surface area (Å²) in [4.78, 5) is 10.1. The van der Waals surface area contributed by atoms with E-state index < -0.39 is 38.7 Å². The molecule has 0 spiro atoms. The van der Waals surface area contributed by atoms with Crippen LogP contribution in [0.2, 0.25) is 5.02 Å². The van der Waals surface area contributed by atoms with Crippen molar-refractivity contribution in [3.05, 3.63) is 28.8 Å². The first-order valence-electron chi connectivity index (χ1n) is 5.46. The normalized spacial score (nSPS) is 13.8. The summed E-state index contributed by atoms with van der Waals surface area (Å²) in [5.41, 5.74) is -1.42. The van der Waals surface area contributed by atoms with Crippen molar-refractivity contribution in [2.24, 2.45) is 0 Å². The number of sulfonamides is 1. The van der Waals surface area contributed by atoms with Crippen LogP contribution >= 0.6 is 11.6 Å². The number of hydrogen-bond acceptors (Lipinski definition) is 4. The number of methoxy groups -OCH3 is 1. The Morgan fingerprint density at radius 1 is 1.38 bits per heavy atom. The fourth-order valence-corrected chi connectivity index (χ4v) is 3.05. The number of esters is 1. The number of halogens is 4. The number of carbonyl (C=O) groups is 1. The van der Waals surface area contributed by atoms with Gasteiger partial charge in [-0.15, -0.1) is 0 Å². The number of carbonyl (C=O) groups excluding carboxylic acids is 1. The van der Waals surface area contributed by atoms with E-state index in [1.54, 1.807) is 0 Å². The molecule has 1 aromatic rings. The van der Waals surface area contributed by atoms with Crippen LogP contribution in [0, 0.1) is 0 Å². The summed E-state index contributed by atoms with van der Waals surface area (Å²) in [6.07, 6.45) is -4.91. The van der Waals surface area contributed by atoms with Crippen LogP contribution in [-0.4, -0.2) is 27.5 Å². The minimum Gasteiger partial charge on any atom is -0.468 e. The SMILES string of the molecule is COC(=O)C(C)NS(=O)(=O)c1ccc(Cl)cc1C(F)(F)F. The van der Waals surface area contributed by atoms with Crippen LogP contribution in [0.5, 0.6) is 0 Å². The van der Waals surface area contributed by atoms with E-state index in [9.17, 15) is 26.4 Å². The van der Waals surface area contributed by atoms with Gasteiger partial charge in [0.15, 0.2) is 0 Å². The first kappa shape index (κ1) is 17.7. The molecule has 1 N–H and O–H groups in total. The molecule has 0 aliphatic carbocycles.